The zero-order valence-electron chi connectivity index (χ0n) is 15.7. The third-order valence-electron chi connectivity index (χ3n) is 4.70. The molecule has 146 valence electrons. The molecule has 0 unspecified atom stereocenters. The van der Waals surface area contributed by atoms with Gasteiger partial charge in [-0.2, -0.15) is 0 Å². The minimum absolute atomic E-state index is 0.0533. The Labute approximate surface area is 155 Å². The Morgan fingerprint density at radius 2 is 1.69 bits per heavy atom. The summed E-state index contributed by atoms with van der Waals surface area (Å²) in [4.78, 5) is 12.5. The van der Waals surface area contributed by atoms with Crippen molar-refractivity contribution in [2.24, 2.45) is 5.92 Å². The fraction of sp³-hybridized carbons (Fsp3) is 0.611. The number of hydrogen-bond donors (Lipinski definition) is 2. The van der Waals surface area contributed by atoms with Crippen LogP contribution in [0.25, 0.3) is 0 Å². The van der Waals surface area contributed by atoms with Gasteiger partial charge in [-0.25, -0.2) is 13.1 Å². The second-order valence-corrected chi connectivity index (χ2v) is 9.09. The van der Waals surface area contributed by atoms with Crippen LogP contribution in [0.1, 0.15) is 39.5 Å². The van der Waals surface area contributed by atoms with Crippen molar-refractivity contribution in [2.75, 3.05) is 19.5 Å². The lowest BCUT2D eigenvalue weighted by Crippen LogP contribution is -2.42. The molecule has 1 aliphatic rings. The van der Waals surface area contributed by atoms with Gasteiger partial charge in [-0.05, 0) is 51.7 Å². The van der Waals surface area contributed by atoms with Crippen molar-refractivity contribution in [2.45, 2.75) is 50.8 Å². The summed E-state index contributed by atoms with van der Waals surface area (Å²) in [6.45, 7) is 3.31. The van der Waals surface area contributed by atoms with Crippen LogP contribution in [0, 0.1) is 5.92 Å². The van der Waals surface area contributed by atoms with Crippen LogP contribution >= 0.6 is 0 Å². The molecule has 1 aliphatic carbocycles. The number of hydrogen-bond acceptors (Lipinski definition) is 5. The third-order valence-corrected chi connectivity index (χ3v) is 6.60. The first-order valence-electron chi connectivity index (χ1n) is 8.81. The Morgan fingerprint density at radius 3 is 2.23 bits per heavy atom. The van der Waals surface area contributed by atoms with E-state index in [2.05, 4.69) is 10.0 Å². The van der Waals surface area contributed by atoms with Gasteiger partial charge in [0.25, 0.3) is 0 Å². The number of anilines is 1. The normalized spacial score (nSPS) is 20.7. The van der Waals surface area contributed by atoms with Crippen molar-refractivity contribution in [3.05, 3.63) is 18.2 Å². The minimum atomic E-state index is -3.27. The highest BCUT2D eigenvalue weighted by Gasteiger charge is 2.29. The number of carbonyl (C=O) groups is 1. The fourth-order valence-corrected chi connectivity index (χ4v) is 3.97. The predicted octanol–water partition coefficient (Wildman–Crippen LogP) is 2.53. The molecule has 0 radical (unpaired) electrons. The lowest BCUT2D eigenvalue weighted by Gasteiger charge is -2.28. The van der Waals surface area contributed by atoms with Gasteiger partial charge >= 0.3 is 0 Å². The Hall–Kier alpha value is -1.80. The maximum Gasteiger partial charge on any atom is 0.227 e. The molecule has 26 heavy (non-hydrogen) atoms. The van der Waals surface area contributed by atoms with Crippen LogP contribution in [0.5, 0.6) is 11.5 Å². The van der Waals surface area contributed by atoms with E-state index >= 15 is 0 Å². The summed E-state index contributed by atoms with van der Waals surface area (Å²) in [5.74, 6) is 0.978. The average Bonchev–Trinajstić information content (AvgIpc) is 2.61. The first-order chi connectivity index (χ1) is 12.3. The number of benzene rings is 1. The van der Waals surface area contributed by atoms with Gasteiger partial charge in [-0.1, -0.05) is 0 Å². The van der Waals surface area contributed by atoms with E-state index in [0.29, 0.717) is 42.9 Å². The largest absolute Gasteiger partial charge is 0.493 e. The van der Waals surface area contributed by atoms with Crippen LogP contribution in [0.2, 0.25) is 0 Å². The number of amides is 1. The number of rotatable bonds is 7. The number of carbonyl (C=O) groups excluding carboxylic acids is 1. The van der Waals surface area contributed by atoms with Crippen molar-refractivity contribution in [3.63, 3.8) is 0 Å². The lowest BCUT2D eigenvalue weighted by atomic mass is 9.86. The van der Waals surface area contributed by atoms with E-state index in [-0.39, 0.29) is 17.9 Å². The molecule has 8 heteroatoms. The first-order valence-corrected chi connectivity index (χ1v) is 10.4. The van der Waals surface area contributed by atoms with Crippen LogP contribution in [-0.2, 0) is 14.8 Å². The topological polar surface area (TPSA) is 93.7 Å². The average molecular weight is 384 g/mol. The molecule has 1 saturated carbocycles. The van der Waals surface area contributed by atoms with Crippen LogP contribution < -0.4 is 19.5 Å². The molecule has 0 bridgehead atoms. The quantitative estimate of drug-likeness (QED) is 0.753. The molecule has 2 rings (SSSR count). The Kier molecular flexibility index (Phi) is 6.88. The number of nitrogens with one attached hydrogen (secondary N) is 2. The van der Waals surface area contributed by atoms with Gasteiger partial charge in [0.1, 0.15) is 0 Å². The summed E-state index contributed by atoms with van der Waals surface area (Å²) in [5.41, 5.74) is 0.648. The maximum absolute atomic E-state index is 12.5. The van der Waals surface area contributed by atoms with Crippen molar-refractivity contribution >= 4 is 21.6 Å². The van der Waals surface area contributed by atoms with Gasteiger partial charge in [-0.15, -0.1) is 0 Å². The highest BCUT2D eigenvalue weighted by atomic mass is 32.2. The summed E-state index contributed by atoms with van der Waals surface area (Å²) in [6, 6.07) is 5.14. The molecule has 2 N–H and O–H groups in total. The molecule has 1 aromatic carbocycles. The van der Waals surface area contributed by atoms with Crippen LogP contribution in [0.3, 0.4) is 0 Å². The SMILES string of the molecule is COc1ccc(NC(=O)C2CCC(NS(=O)(=O)C(C)C)CC2)cc1OC. The second-order valence-electron chi connectivity index (χ2n) is 6.82. The zero-order chi connectivity index (χ0) is 19.3. The minimum Gasteiger partial charge on any atom is -0.493 e. The highest BCUT2D eigenvalue weighted by Crippen LogP contribution is 2.31. The molecule has 0 atom stereocenters. The summed E-state index contributed by atoms with van der Waals surface area (Å²) in [6.07, 6.45) is 2.64. The molecular weight excluding hydrogens is 356 g/mol. The van der Waals surface area contributed by atoms with E-state index in [4.69, 9.17) is 9.47 Å². The van der Waals surface area contributed by atoms with Gasteiger partial charge in [-0.3, -0.25) is 4.79 Å². The van der Waals surface area contributed by atoms with Crippen molar-refractivity contribution in [3.8, 4) is 11.5 Å². The Bertz CT molecular complexity index is 725. The van der Waals surface area contributed by atoms with E-state index < -0.39 is 15.3 Å². The monoisotopic (exact) mass is 384 g/mol. The molecule has 0 spiro atoms. The van der Waals surface area contributed by atoms with Crippen LogP contribution in [0.4, 0.5) is 5.69 Å². The standard InChI is InChI=1S/C18H28N2O5S/c1-12(2)26(22,23)20-14-7-5-13(6-8-14)18(21)19-15-9-10-16(24-3)17(11-15)25-4/h9-14,20H,5-8H2,1-4H3,(H,19,21). The van der Waals surface area contributed by atoms with Gasteiger partial charge < -0.3 is 14.8 Å². The van der Waals surface area contributed by atoms with Gasteiger partial charge in [0, 0.05) is 23.7 Å². The maximum atomic E-state index is 12.5. The van der Waals surface area contributed by atoms with Gasteiger partial charge in [0.15, 0.2) is 11.5 Å². The first kappa shape index (κ1) is 20.5. The van der Waals surface area contributed by atoms with E-state index in [1.54, 1.807) is 46.3 Å². The highest BCUT2D eigenvalue weighted by molar-refractivity contribution is 7.90. The smallest absolute Gasteiger partial charge is 0.227 e. The van der Waals surface area contributed by atoms with E-state index in [1.165, 1.54) is 0 Å². The van der Waals surface area contributed by atoms with E-state index in [0.717, 1.165) is 0 Å². The van der Waals surface area contributed by atoms with Crippen LogP contribution in [0.15, 0.2) is 18.2 Å². The van der Waals surface area contributed by atoms with Crippen molar-refractivity contribution in [1.29, 1.82) is 0 Å². The Balaban J connectivity index is 1.91. The molecule has 1 aromatic rings. The zero-order valence-corrected chi connectivity index (χ0v) is 16.6. The summed E-state index contributed by atoms with van der Waals surface area (Å²) in [5, 5.41) is 2.46. The van der Waals surface area contributed by atoms with Crippen LogP contribution in [-0.4, -0.2) is 39.8 Å². The second kappa shape index (κ2) is 8.73. The summed E-state index contributed by atoms with van der Waals surface area (Å²) < 4.78 is 37.1. The molecule has 1 fully saturated rings. The molecule has 0 aliphatic heterocycles. The van der Waals surface area contributed by atoms with Crippen molar-refractivity contribution < 1.29 is 22.7 Å². The van der Waals surface area contributed by atoms with Crippen molar-refractivity contribution in [1.82, 2.24) is 4.72 Å². The molecule has 0 heterocycles. The number of ether oxygens (including phenoxy) is 2. The third kappa shape index (κ3) is 5.11. The molecule has 7 nitrogen and oxygen atoms in total. The number of methoxy groups -OCH3 is 2. The Morgan fingerprint density at radius 1 is 1.08 bits per heavy atom. The summed E-state index contributed by atoms with van der Waals surface area (Å²) >= 11 is 0. The molecule has 0 saturated heterocycles. The van der Waals surface area contributed by atoms with E-state index in [9.17, 15) is 13.2 Å². The molecular formula is C18H28N2O5S. The van der Waals surface area contributed by atoms with Gasteiger partial charge in [0.2, 0.25) is 15.9 Å². The molecule has 1 amide bonds. The lowest BCUT2D eigenvalue weighted by molar-refractivity contribution is -0.120. The predicted molar refractivity (Wildman–Crippen MR) is 101 cm³/mol. The van der Waals surface area contributed by atoms with Gasteiger partial charge in [0.05, 0.1) is 19.5 Å². The molecule has 0 aromatic heterocycles. The fourth-order valence-electron chi connectivity index (χ4n) is 3.00. The number of sulfonamides is 1. The van der Waals surface area contributed by atoms with E-state index in [1.807, 2.05) is 0 Å². The summed E-state index contributed by atoms with van der Waals surface area (Å²) in [7, 11) is -0.173.